The molecule has 0 radical (unpaired) electrons. The minimum atomic E-state index is -0.386. The minimum Gasteiger partial charge on any atom is -0.335 e. The van der Waals surface area contributed by atoms with Crippen molar-refractivity contribution in [2.45, 2.75) is 36.7 Å². The Labute approximate surface area is 183 Å². The molecule has 4 rings (SSSR count). The quantitative estimate of drug-likeness (QED) is 0.472. The molecular formula is C20H19Cl2N5OS. The van der Waals surface area contributed by atoms with Crippen LogP contribution in [0.15, 0.2) is 47.6 Å². The topological polar surface area (TPSA) is 77.0 Å². The molecule has 2 aromatic carbocycles. The van der Waals surface area contributed by atoms with Crippen LogP contribution in [0, 0.1) is 0 Å². The van der Waals surface area contributed by atoms with Gasteiger partial charge >= 0.3 is 0 Å². The van der Waals surface area contributed by atoms with E-state index in [-0.39, 0.29) is 17.2 Å². The van der Waals surface area contributed by atoms with E-state index in [1.807, 2.05) is 30.0 Å². The molecule has 6 nitrogen and oxygen atoms in total. The molecule has 29 heavy (non-hydrogen) atoms. The van der Waals surface area contributed by atoms with Crippen LogP contribution in [-0.2, 0) is 11.2 Å². The standard InChI is InChI=1S/C20H19Cl2N5OS/c1-11-9-13-5-3-4-6-17(13)26(11)19(28)12(2)29-20-25-24-18(27(20)23)15-8-7-14(21)10-16(15)22/h3-8,10-12H,9,23H2,1-2H3. The fourth-order valence-electron chi connectivity index (χ4n) is 3.52. The molecule has 1 aliphatic heterocycles. The van der Waals surface area contributed by atoms with Crippen molar-refractivity contribution in [2.75, 3.05) is 10.7 Å². The third kappa shape index (κ3) is 3.70. The van der Waals surface area contributed by atoms with Crippen molar-refractivity contribution < 1.29 is 4.79 Å². The molecule has 1 amide bonds. The Balaban J connectivity index is 1.56. The molecule has 2 unspecified atom stereocenters. The molecule has 0 saturated heterocycles. The summed E-state index contributed by atoms with van der Waals surface area (Å²) >= 11 is 13.5. The molecule has 1 aromatic heterocycles. The highest BCUT2D eigenvalue weighted by Crippen LogP contribution is 2.35. The van der Waals surface area contributed by atoms with Crippen LogP contribution in [-0.4, -0.2) is 32.1 Å². The zero-order chi connectivity index (χ0) is 20.7. The lowest BCUT2D eigenvalue weighted by Crippen LogP contribution is -2.40. The maximum atomic E-state index is 13.2. The molecule has 2 heterocycles. The van der Waals surface area contributed by atoms with Crippen molar-refractivity contribution in [3.8, 4) is 11.4 Å². The largest absolute Gasteiger partial charge is 0.335 e. The Morgan fingerprint density at radius 3 is 2.76 bits per heavy atom. The van der Waals surface area contributed by atoms with Crippen LogP contribution in [0.5, 0.6) is 0 Å². The average molecular weight is 448 g/mol. The highest BCUT2D eigenvalue weighted by molar-refractivity contribution is 8.00. The van der Waals surface area contributed by atoms with Gasteiger partial charge in [-0.1, -0.05) is 53.2 Å². The van der Waals surface area contributed by atoms with E-state index in [4.69, 9.17) is 29.0 Å². The summed E-state index contributed by atoms with van der Waals surface area (Å²) in [6.45, 7) is 3.91. The highest BCUT2D eigenvalue weighted by atomic mass is 35.5. The molecular weight excluding hydrogens is 429 g/mol. The summed E-state index contributed by atoms with van der Waals surface area (Å²) in [5, 5.41) is 9.31. The summed E-state index contributed by atoms with van der Waals surface area (Å²) in [5.41, 5.74) is 2.78. The van der Waals surface area contributed by atoms with Crippen LogP contribution in [0.2, 0.25) is 10.0 Å². The van der Waals surface area contributed by atoms with E-state index in [0.717, 1.165) is 12.1 Å². The summed E-state index contributed by atoms with van der Waals surface area (Å²) in [5.74, 6) is 6.63. The summed E-state index contributed by atoms with van der Waals surface area (Å²) in [7, 11) is 0. The number of nitrogens with zero attached hydrogens (tertiary/aromatic N) is 4. The molecule has 2 atom stereocenters. The number of hydrogen-bond donors (Lipinski definition) is 1. The van der Waals surface area contributed by atoms with Crippen LogP contribution < -0.4 is 10.7 Å². The van der Waals surface area contributed by atoms with Gasteiger partial charge in [-0.2, -0.15) is 0 Å². The second-order valence-corrected chi connectivity index (χ2v) is 9.10. The Hall–Kier alpha value is -2.22. The third-order valence-electron chi connectivity index (χ3n) is 4.91. The predicted octanol–water partition coefficient (Wildman–Crippen LogP) is 4.42. The zero-order valence-electron chi connectivity index (χ0n) is 15.8. The Bertz CT molecular complexity index is 1090. The molecule has 0 aliphatic carbocycles. The van der Waals surface area contributed by atoms with Gasteiger partial charge < -0.3 is 10.7 Å². The molecule has 0 saturated carbocycles. The number of amides is 1. The van der Waals surface area contributed by atoms with Crippen molar-refractivity contribution >= 4 is 46.6 Å². The Kier molecular flexibility index (Phi) is 5.46. The smallest absolute Gasteiger partial charge is 0.240 e. The fourth-order valence-corrected chi connectivity index (χ4v) is 4.83. The van der Waals surface area contributed by atoms with E-state index in [0.29, 0.717) is 26.6 Å². The first-order valence-corrected chi connectivity index (χ1v) is 10.7. The second-order valence-electron chi connectivity index (χ2n) is 6.95. The molecule has 0 bridgehead atoms. The number of carbonyl (C=O) groups is 1. The lowest BCUT2D eigenvalue weighted by molar-refractivity contribution is -0.118. The molecule has 150 valence electrons. The van der Waals surface area contributed by atoms with E-state index >= 15 is 0 Å². The van der Waals surface area contributed by atoms with Gasteiger partial charge in [0, 0.05) is 22.3 Å². The molecule has 3 aromatic rings. The van der Waals surface area contributed by atoms with Crippen LogP contribution in [0.4, 0.5) is 5.69 Å². The average Bonchev–Trinajstić information content (AvgIpc) is 3.20. The normalized spacial score (nSPS) is 16.7. The highest BCUT2D eigenvalue weighted by Gasteiger charge is 2.34. The molecule has 2 N–H and O–H groups in total. The van der Waals surface area contributed by atoms with Gasteiger partial charge in [0.2, 0.25) is 11.1 Å². The van der Waals surface area contributed by atoms with Gasteiger partial charge in [-0.05, 0) is 50.1 Å². The van der Waals surface area contributed by atoms with Gasteiger partial charge in [0.05, 0.1) is 10.3 Å². The zero-order valence-corrected chi connectivity index (χ0v) is 18.2. The number of para-hydroxylation sites is 1. The molecule has 9 heteroatoms. The maximum Gasteiger partial charge on any atom is 0.240 e. The molecule has 1 aliphatic rings. The van der Waals surface area contributed by atoms with Crippen LogP contribution in [0.3, 0.4) is 0 Å². The van der Waals surface area contributed by atoms with Crippen molar-refractivity contribution in [2.24, 2.45) is 0 Å². The first-order valence-electron chi connectivity index (χ1n) is 9.10. The Morgan fingerprint density at radius 2 is 2.00 bits per heavy atom. The van der Waals surface area contributed by atoms with Crippen molar-refractivity contribution in [3.05, 3.63) is 58.1 Å². The molecule has 0 spiro atoms. The van der Waals surface area contributed by atoms with Gasteiger partial charge in [0.25, 0.3) is 0 Å². The summed E-state index contributed by atoms with van der Waals surface area (Å²) < 4.78 is 1.35. The number of halogens is 2. The van der Waals surface area contributed by atoms with Gasteiger partial charge in [-0.3, -0.25) is 4.79 Å². The predicted molar refractivity (Wildman–Crippen MR) is 118 cm³/mol. The number of nitrogen functional groups attached to an aromatic ring is 1. The first kappa shape index (κ1) is 20.1. The van der Waals surface area contributed by atoms with Gasteiger partial charge in [0.1, 0.15) is 0 Å². The maximum absolute atomic E-state index is 13.2. The van der Waals surface area contributed by atoms with E-state index < -0.39 is 0 Å². The van der Waals surface area contributed by atoms with E-state index in [1.165, 1.54) is 22.0 Å². The lowest BCUT2D eigenvalue weighted by atomic mass is 10.1. The van der Waals surface area contributed by atoms with Crippen LogP contribution in [0.1, 0.15) is 19.4 Å². The van der Waals surface area contributed by atoms with E-state index in [1.54, 1.807) is 18.2 Å². The SMILES string of the molecule is CC(Sc1nnc(-c2ccc(Cl)cc2Cl)n1N)C(=O)N1c2ccccc2CC1C. The Morgan fingerprint density at radius 1 is 1.24 bits per heavy atom. The molecule has 0 fully saturated rings. The number of anilines is 1. The van der Waals surface area contributed by atoms with Crippen LogP contribution >= 0.6 is 35.0 Å². The lowest BCUT2D eigenvalue weighted by Gasteiger charge is -2.25. The number of rotatable bonds is 4. The first-order chi connectivity index (χ1) is 13.9. The van der Waals surface area contributed by atoms with E-state index in [9.17, 15) is 4.79 Å². The van der Waals surface area contributed by atoms with E-state index in [2.05, 4.69) is 23.2 Å². The third-order valence-corrected chi connectivity index (χ3v) is 6.50. The van der Waals surface area contributed by atoms with Gasteiger partial charge in [-0.15, -0.1) is 10.2 Å². The van der Waals surface area contributed by atoms with Crippen molar-refractivity contribution in [1.29, 1.82) is 0 Å². The number of nitrogens with two attached hydrogens (primary N) is 1. The number of aromatic nitrogens is 3. The number of benzene rings is 2. The number of carbonyl (C=O) groups excluding carboxylic acids is 1. The van der Waals surface area contributed by atoms with Gasteiger partial charge in [0.15, 0.2) is 5.82 Å². The minimum absolute atomic E-state index is 0.0153. The monoisotopic (exact) mass is 447 g/mol. The van der Waals surface area contributed by atoms with Crippen LogP contribution in [0.25, 0.3) is 11.4 Å². The summed E-state index contributed by atoms with van der Waals surface area (Å²) in [4.78, 5) is 15.0. The summed E-state index contributed by atoms with van der Waals surface area (Å²) in [6.07, 6.45) is 0.853. The number of hydrogen-bond acceptors (Lipinski definition) is 5. The summed E-state index contributed by atoms with van der Waals surface area (Å²) in [6, 6.07) is 13.2. The number of fused-ring (bicyclic) bond motifs is 1. The fraction of sp³-hybridized carbons (Fsp3) is 0.250. The second kappa shape index (κ2) is 7.89. The number of thioether (sulfide) groups is 1. The van der Waals surface area contributed by atoms with Crippen molar-refractivity contribution in [3.63, 3.8) is 0 Å². The van der Waals surface area contributed by atoms with Gasteiger partial charge in [-0.25, -0.2) is 4.68 Å². The van der Waals surface area contributed by atoms with Crippen molar-refractivity contribution in [1.82, 2.24) is 14.9 Å².